The Bertz CT molecular complexity index is 2750. The number of nitrogens with zero attached hydrogens (tertiary/aromatic N) is 1. The summed E-state index contributed by atoms with van der Waals surface area (Å²) in [6.45, 7) is 0. The van der Waals surface area contributed by atoms with Gasteiger partial charge in [-0.3, -0.25) is 0 Å². The van der Waals surface area contributed by atoms with Gasteiger partial charge < -0.3 is 13.7 Å². The van der Waals surface area contributed by atoms with Crippen molar-refractivity contribution < 1.29 is 8.83 Å². The van der Waals surface area contributed by atoms with E-state index in [1.165, 1.54) is 27.1 Å². The molecule has 3 heteroatoms. The molecule has 220 valence electrons. The van der Waals surface area contributed by atoms with Crippen molar-refractivity contribution in [2.24, 2.45) is 0 Å². The molecule has 2 heterocycles. The van der Waals surface area contributed by atoms with Gasteiger partial charge in [-0.05, 0) is 93.3 Å². The zero-order valence-corrected chi connectivity index (χ0v) is 25.4. The maximum atomic E-state index is 6.90. The highest BCUT2D eigenvalue weighted by Gasteiger charge is 2.24. The van der Waals surface area contributed by atoms with Gasteiger partial charge in [0.15, 0.2) is 5.58 Å². The summed E-state index contributed by atoms with van der Waals surface area (Å²) in [5, 5.41) is 9.21. The van der Waals surface area contributed by atoms with Crippen LogP contribution < -0.4 is 4.90 Å². The van der Waals surface area contributed by atoms with Gasteiger partial charge >= 0.3 is 0 Å². The Labute approximate surface area is 270 Å². The minimum Gasteiger partial charge on any atom is -0.456 e. The van der Waals surface area contributed by atoms with Crippen LogP contribution in [0.2, 0.25) is 0 Å². The third-order valence-corrected chi connectivity index (χ3v) is 9.40. The molecule has 10 rings (SSSR count). The zero-order valence-electron chi connectivity index (χ0n) is 25.4. The SMILES string of the molecule is c1ccc(N(c2ccccc2)c2cc(-c3cc4ccccc4c4ccccc34)cc3c2oc2ccc4oc5ccccc5c4c23)cc1. The van der Waals surface area contributed by atoms with E-state index in [1.807, 2.05) is 24.3 Å². The predicted molar refractivity (Wildman–Crippen MR) is 196 cm³/mol. The molecule has 0 saturated heterocycles. The van der Waals surface area contributed by atoms with E-state index in [1.54, 1.807) is 0 Å². The average molecular weight is 602 g/mol. The number of rotatable bonds is 4. The molecule has 8 aromatic carbocycles. The zero-order chi connectivity index (χ0) is 30.9. The topological polar surface area (TPSA) is 29.5 Å². The van der Waals surface area contributed by atoms with Crippen molar-refractivity contribution in [2.45, 2.75) is 0 Å². The summed E-state index contributed by atoms with van der Waals surface area (Å²) in [5.74, 6) is 0. The van der Waals surface area contributed by atoms with Crippen LogP contribution in [0.5, 0.6) is 0 Å². The normalized spacial score (nSPS) is 11.8. The van der Waals surface area contributed by atoms with Gasteiger partial charge in [0.05, 0.1) is 5.69 Å². The summed E-state index contributed by atoms with van der Waals surface area (Å²) in [7, 11) is 0. The second-order valence-corrected chi connectivity index (χ2v) is 12.1. The van der Waals surface area contributed by atoms with Crippen molar-refractivity contribution in [3.8, 4) is 11.1 Å². The van der Waals surface area contributed by atoms with Crippen LogP contribution in [0.1, 0.15) is 0 Å². The Morgan fingerprint density at radius 2 is 0.957 bits per heavy atom. The molecule has 0 radical (unpaired) electrons. The summed E-state index contributed by atoms with van der Waals surface area (Å²) in [6.07, 6.45) is 0. The van der Waals surface area contributed by atoms with Crippen molar-refractivity contribution in [1.82, 2.24) is 0 Å². The van der Waals surface area contributed by atoms with Crippen LogP contribution in [0.4, 0.5) is 17.1 Å². The molecule has 0 amide bonds. The van der Waals surface area contributed by atoms with Crippen molar-refractivity contribution in [1.29, 1.82) is 0 Å². The predicted octanol–water partition coefficient (Wildman–Crippen LogP) is 12.9. The lowest BCUT2D eigenvalue weighted by molar-refractivity contribution is 0.663. The molecule has 10 aromatic rings. The third-order valence-electron chi connectivity index (χ3n) is 9.40. The molecule has 47 heavy (non-hydrogen) atoms. The first-order chi connectivity index (χ1) is 23.3. The Kier molecular flexibility index (Phi) is 5.57. The lowest BCUT2D eigenvalue weighted by atomic mass is 9.92. The summed E-state index contributed by atoms with van der Waals surface area (Å²) in [6, 6.07) is 57.8. The summed E-state index contributed by atoms with van der Waals surface area (Å²) < 4.78 is 13.3. The summed E-state index contributed by atoms with van der Waals surface area (Å²) in [4.78, 5) is 2.31. The number of furan rings is 2. The molecule has 0 atom stereocenters. The van der Waals surface area contributed by atoms with E-state index in [9.17, 15) is 0 Å². The van der Waals surface area contributed by atoms with E-state index >= 15 is 0 Å². The van der Waals surface area contributed by atoms with Crippen LogP contribution in [0, 0.1) is 0 Å². The van der Waals surface area contributed by atoms with E-state index in [-0.39, 0.29) is 0 Å². The van der Waals surface area contributed by atoms with E-state index in [2.05, 4.69) is 144 Å². The van der Waals surface area contributed by atoms with Crippen molar-refractivity contribution in [3.63, 3.8) is 0 Å². The summed E-state index contributed by atoms with van der Waals surface area (Å²) >= 11 is 0. The Morgan fingerprint density at radius 1 is 0.383 bits per heavy atom. The monoisotopic (exact) mass is 601 g/mol. The molecule has 3 nitrogen and oxygen atoms in total. The maximum Gasteiger partial charge on any atom is 0.159 e. The molecule has 0 saturated carbocycles. The molecule has 0 aliphatic carbocycles. The van der Waals surface area contributed by atoms with E-state index in [4.69, 9.17) is 8.83 Å². The maximum absolute atomic E-state index is 6.90. The van der Waals surface area contributed by atoms with Gasteiger partial charge in [-0.1, -0.05) is 103 Å². The first kappa shape index (κ1) is 26.0. The van der Waals surface area contributed by atoms with Crippen LogP contribution in [0.3, 0.4) is 0 Å². The minimum atomic E-state index is 0.833. The Morgan fingerprint density at radius 3 is 1.70 bits per heavy atom. The largest absolute Gasteiger partial charge is 0.456 e. The lowest BCUT2D eigenvalue weighted by Gasteiger charge is -2.26. The van der Waals surface area contributed by atoms with E-state index in [0.29, 0.717) is 0 Å². The second kappa shape index (κ2) is 10.1. The molecule has 0 aliphatic rings. The highest BCUT2D eigenvalue weighted by atomic mass is 16.3. The van der Waals surface area contributed by atoms with Crippen LogP contribution in [-0.4, -0.2) is 0 Å². The first-order valence-corrected chi connectivity index (χ1v) is 15.9. The van der Waals surface area contributed by atoms with Gasteiger partial charge in [0.25, 0.3) is 0 Å². The quantitative estimate of drug-likeness (QED) is 0.188. The van der Waals surface area contributed by atoms with Gasteiger partial charge in [-0.15, -0.1) is 0 Å². The first-order valence-electron chi connectivity index (χ1n) is 15.9. The van der Waals surface area contributed by atoms with Crippen LogP contribution >= 0.6 is 0 Å². The van der Waals surface area contributed by atoms with Gasteiger partial charge in [-0.2, -0.15) is 0 Å². The molecule has 0 aliphatic heterocycles. The van der Waals surface area contributed by atoms with Crippen molar-refractivity contribution in [2.75, 3.05) is 4.90 Å². The molecule has 0 bridgehead atoms. The third kappa shape index (κ3) is 3.93. The van der Waals surface area contributed by atoms with Gasteiger partial charge in [0.2, 0.25) is 0 Å². The van der Waals surface area contributed by atoms with Crippen LogP contribution in [-0.2, 0) is 0 Å². The van der Waals surface area contributed by atoms with E-state index < -0.39 is 0 Å². The lowest BCUT2D eigenvalue weighted by Crippen LogP contribution is -2.10. The standard InChI is InChI=1S/C44H27NO2/c1-3-14-30(15-4-1)45(31-16-5-2-6-17-31)38-27-29(36-25-28-13-7-8-18-32(28)33-19-9-10-20-34(33)36)26-37-43-41(47-44(37)38)24-23-40-42(43)35-21-11-12-22-39(35)46-40/h1-27H. The fourth-order valence-electron chi connectivity index (χ4n) is 7.36. The second-order valence-electron chi connectivity index (χ2n) is 12.1. The molecule has 2 aromatic heterocycles. The summed E-state index contributed by atoms with van der Waals surface area (Å²) in [5.41, 5.74) is 8.79. The number of hydrogen-bond acceptors (Lipinski definition) is 3. The van der Waals surface area contributed by atoms with Crippen LogP contribution in [0.25, 0.3) is 76.5 Å². The number of anilines is 3. The highest BCUT2D eigenvalue weighted by Crippen LogP contribution is 2.48. The molecule has 0 spiro atoms. The van der Waals surface area contributed by atoms with E-state index in [0.717, 1.165) is 66.5 Å². The highest BCUT2D eigenvalue weighted by molar-refractivity contribution is 6.28. The average Bonchev–Trinajstić information content (AvgIpc) is 3.70. The van der Waals surface area contributed by atoms with Crippen molar-refractivity contribution >= 4 is 82.5 Å². The number of fused-ring (bicyclic) bond motifs is 10. The van der Waals surface area contributed by atoms with Crippen LogP contribution in [0.15, 0.2) is 173 Å². The Balaban J connectivity index is 1.39. The Hall–Kier alpha value is -6.32. The van der Waals surface area contributed by atoms with Crippen molar-refractivity contribution in [3.05, 3.63) is 164 Å². The minimum absolute atomic E-state index is 0.833. The number of benzene rings is 8. The van der Waals surface area contributed by atoms with Gasteiger partial charge in [0.1, 0.15) is 16.7 Å². The van der Waals surface area contributed by atoms with Gasteiger partial charge in [-0.25, -0.2) is 0 Å². The number of para-hydroxylation sites is 3. The molecule has 0 N–H and O–H groups in total. The van der Waals surface area contributed by atoms with Gasteiger partial charge in [0, 0.05) is 32.9 Å². The molecule has 0 fully saturated rings. The number of hydrogen-bond donors (Lipinski definition) is 0. The smallest absolute Gasteiger partial charge is 0.159 e. The molecule has 0 unspecified atom stereocenters. The fourth-order valence-corrected chi connectivity index (χ4v) is 7.36. The fraction of sp³-hybridized carbons (Fsp3) is 0. The molecular weight excluding hydrogens is 574 g/mol. The molecular formula is C44H27NO2.